The number of thiocarbonyl (C=S) groups is 1. The Kier molecular flexibility index (Phi) is 8.32. The van der Waals surface area contributed by atoms with Crippen molar-refractivity contribution in [3.8, 4) is 5.75 Å². The largest absolute Gasteiger partial charge is 0.493 e. The number of nitrogens with one attached hydrogen (secondary N) is 2. The van der Waals surface area contributed by atoms with Gasteiger partial charge in [0, 0.05) is 11.1 Å². The molecule has 2 aromatic rings. The zero-order valence-electron chi connectivity index (χ0n) is 17.1. The molecule has 0 fully saturated rings. The number of rotatable bonds is 7. The lowest BCUT2D eigenvalue weighted by Gasteiger charge is -2.24. The van der Waals surface area contributed by atoms with Gasteiger partial charge in [-0.25, -0.2) is 0 Å². The van der Waals surface area contributed by atoms with Crippen molar-refractivity contribution in [1.29, 1.82) is 0 Å². The van der Waals surface area contributed by atoms with E-state index in [-0.39, 0.29) is 11.0 Å². The van der Waals surface area contributed by atoms with Gasteiger partial charge in [0.25, 0.3) is 0 Å². The van der Waals surface area contributed by atoms with Crippen LogP contribution < -0.4 is 15.4 Å². The first-order valence-electron chi connectivity index (χ1n) is 9.36. The molecule has 1 amide bonds. The van der Waals surface area contributed by atoms with E-state index in [2.05, 4.69) is 16.7 Å². The first-order valence-corrected chi connectivity index (χ1v) is 10.5. The topological polar surface area (TPSA) is 50.4 Å². The highest BCUT2D eigenvalue weighted by molar-refractivity contribution is 7.80. The van der Waals surface area contributed by atoms with Gasteiger partial charge in [0.15, 0.2) is 5.11 Å². The fourth-order valence-electron chi connectivity index (χ4n) is 2.68. The molecule has 7 heteroatoms. The summed E-state index contributed by atoms with van der Waals surface area (Å²) in [5, 5.41) is 6.77. The highest BCUT2D eigenvalue weighted by Gasteiger charge is 2.27. The second-order valence-electron chi connectivity index (χ2n) is 7.64. The van der Waals surface area contributed by atoms with E-state index in [0.717, 1.165) is 23.3 Å². The molecule has 0 bridgehead atoms. The summed E-state index contributed by atoms with van der Waals surface area (Å²) in [4.78, 5) is 12.6. The summed E-state index contributed by atoms with van der Waals surface area (Å²) in [7, 11) is 0. The van der Waals surface area contributed by atoms with Crippen molar-refractivity contribution < 1.29 is 9.53 Å². The van der Waals surface area contributed by atoms with Gasteiger partial charge in [-0.05, 0) is 74.3 Å². The maximum Gasteiger partial charge on any atom is 0.231 e. The molecule has 0 aliphatic heterocycles. The van der Waals surface area contributed by atoms with Crippen molar-refractivity contribution >= 4 is 52.1 Å². The molecule has 0 saturated heterocycles. The number of aryl methyl sites for hydroxylation is 2. The number of benzene rings is 2. The van der Waals surface area contributed by atoms with Gasteiger partial charge in [-0.2, -0.15) is 0 Å². The lowest BCUT2D eigenvalue weighted by Crippen LogP contribution is -2.42. The fraction of sp³-hybridized carbons (Fsp3) is 0.364. The van der Waals surface area contributed by atoms with Crippen molar-refractivity contribution in [2.45, 2.75) is 40.5 Å². The Balaban J connectivity index is 1.81. The number of carbonyl (C=O) groups is 1. The summed E-state index contributed by atoms with van der Waals surface area (Å²) in [6.45, 7) is 8.39. The van der Waals surface area contributed by atoms with E-state index in [1.54, 1.807) is 18.2 Å². The van der Waals surface area contributed by atoms with E-state index in [0.29, 0.717) is 28.8 Å². The lowest BCUT2D eigenvalue weighted by molar-refractivity contribution is -0.128. The average Bonchev–Trinajstić information content (AvgIpc) is 2.64. The van der Waals surface area contributed by atoms with Gasteiger partial charge in [0.05, 0.1) is 16.7 Å². The third kappa shape index (κ3) is 7.18. The van der Waals surface area contributed by atoms with E-state index in [4.69, 9.17) is 40.2 Å². The fourth-order valence-corrected chi connectivity index (χ4v) is 3.19. The van der Waals surface area contributed by atoms with Crippen LogP contribution in [-0.2, 0) is 4.79 Å². The molecule has 0 aliphatic rings. The zero-order valence-corrected chi connectivity index (χ0v) is 19.4. The Morgan fingerprint density at radius 3 is 2.52 bits per heavy atom. The molecule has 29 heavy (non-hydrogen) atoms. The molecule has 0 aliphatic carbocycles. The molecule has 0 saturated carbocycles. The summed E-state index contributed by atoms with van der Waals surface area (Å²) in [6.07, 6.45) is 1.42. The van der Waals surface area contributed by atoms with E-state index in [1.807, 2.05) is 39.8 Å². The highest BCUT2D eigenvalue weighted by atomic mass is 35.5. The van der Waals surface area contributed by atoms with Crippen LogP contribution in [0.5, 0.6) is 5.75 Å². The minimum Gasteiger partial charge on any atom is -0.493 e. The number of hydrogen-bond acceptors (Lipinski definition) is 3. The second-order valence-corrected chi connectivity index (χ2v) is 8.86. The maximum atomic E-state index is 12.6. The second kappa shape index (κ2) is 10.3. The molecule has 0 aromatic heterocycles. The predicted molar refractivity (Wildman–Crippen MR) is 125 cm³/mol. The molecule has 4 nitrogen and oxygen atoms in total. The summed E-state index contributed by atoms with van der Waals surface area (Å²) in [6, 6.07) is 11.2. The normalized spacial score (nSPS) is 11.1. The molecule has 156 valence electrons. The van der Waals surface area contributed by atoms with Gasteiger partial charge >= 0.3 is 0 Å². The number of hydrogen-bond donors (Lipinski definition) is 2. The molecule has 2 rings (SSSR count). The van der Waals surface area contributed by atoms with Crippen LogP contribution in [-0.4, -0.2) is 17.6 Å². The molecule has 0 unspecified atom stereocenters. The van der Waals surface area contributed by atoms with Crippen LogP contribution in [0.2, 0.25) is 10.0 Å². The van der Waals surface area contributed by atoms with Crippen molar-refractivity contribution in [2.75, 3.05) is 11.9 Å². The Morgan fingerprint density at radius 2 is 1.83 bits per heavy atom. The van der Waals surface area contributed by atoms with Gasteiger partial charge in [0.1, 0.15) is 5.75 Å². The molecular weight excluding hydrogens is 427 g/mol. The minimum atomic E-state index is -0.589. The summed E-state index contributed by atoms with van der Waals surface area (Å²) in [5.41, 5.74) is 2.33. The Labute approximate surface area is 187 Å². The predicted octanol–water partition coefficient (Wildman–Crippen LogP) is 6.31. The molecule has 0 atom stereocenters. The smallest absolute Gasteiger partial charge is 0.231 e. The Morgan fingerprint density at radius 1 is 1.10 bits per heavy atom. The van der Waals surface area contributed by atoms with E-state index in [9.17, 15) is 4.79 Å². The van der Waals surface area contributed by atoms with Gasteiger partial charge in [0.2, 0.25) is 5.91 Å². The minimum absolute atomic E-state index is 0.151. The average molecular weight is 453 g/mol. The molecule has 0 spiro atoms. The Bertz CT molecular complexity index is 900. The highest BCUT2D eigenvalue weighted by Crippen LogP contribution is 2.26. The third-order valence-corrected chi connectivity index (χ3v) is 5.51. The van der Waals surface area contributed by atoms with Crippen LogP contribution in [0.1, 0.15) is 37.8 Å². The van der Waals surface area contributed by atoms with Crippen LogP contribution in [0.15, 0.2) is 36.4 Å². The first kappa shape index (κ1) is 23.5. The van der Waals surface area contributed by atoms with Gasteiger partial charge in [-0.15, -0.1) is 0 Å². The first-order chi connectivity index (χ1) is 13.6. The number of halogens is 2. The van der Waals surface area contributed by atoms with Crippen molar-refractivity contribution in [2.24, 2.45) is 5.41 Å². The summed E-state index contributed by atoms with van der Waals surface area (Å²) >= 11 is 17.1. The number of anilines is 1. The standard InChI is InChI=1S/C22H26Cl2N2O2S/c1-14-6-7-15(2)19(12-14)28-11-5-10-22(3,4)20(27)26-21(29)25-16-8-9-17(23)18(24)13-16/h6-9,12-13H,5,10-11H2,1-4H3,(H2,25,26,27,29). The zero-order chi connectivity index (χ0) is 21.6. The third-order valence-electron chi connectivity index (χ3n) is 4.57. The molecule has 0 radical (unpaired) electrons. The number of amides is 1. The number of ether oxygens (including phenoxy) is 1. The molecule has 2 N–H and O–H groups in total. The Hall–Kier alpha value is -1.82. The van der Waals surface area contributed by atoms with Gasteiger partial charge in [-0.1, -0.05) is 49.2 Å². The monoisotopic (exact) mass is 452 g/mol. The maximum absolute atomic E-state index is 12.6. The van der Waals surface area contributed by atoms with Crippen LogP contribution >= 0.6 is 35.4 Å². The van der Waals surface area contributed by atoms with E-state index in [1.165, 1.54) is 0 Å². The van der Waals surface area contributed by atoms with Crippen LogP contribution in [0, 0.1) is 19.3 Å². The van der Waals surface area contributed by atoms with Crippen molar-refractivity contribution in [3.05, 3.63) is 57.6 Å². The van der Waals surface area contributed by atoms with E-state index < -0.39 is 5.41 Å². The molecule has 2 aromatic carbocycles. The summed E-state index contributed by atoms with van der Waals surface area (Å²) < 4.78 is 5.88. The molecule has 0 heterocycles. The summed E-state index contributed by atoms with van der Waals surface area (Å²) in [5.74, 6) is 0.737. The van der Waals surface area contributed by atoms with Crippen molar-refractivity contribution in [1.82, 2.24) is 5.32 Å². The SMILES string of the molecule is Cc1ccc(C)c(OCCCC(C)(C)C(=O)NC(=S)Nc2ccc(Cl)c(Cl)c2)c1. The van der Waals surface area contributed by atoms with Crippen LogP contribution in [0.4, 0.5) is 5.69 Å². The van der Waals surface area contributed by atoms with E-state index >= 15 is 0 Å². The lowest BCUT2D eigenvalue weighted by atomic mass is 9.87. The van der Waals surface area contributed by atoms with Crippen molar-refractivity contribution in [3.63, 3.8) is 0 Å². The van der Waals surface area contributed by atoms with Gasteiger partial charge in [-0.3, -0.25) is 4.79 Å². The van der Waals surface area contributed by atoms with Gasteiger partial charge < -0.3 is 15.4 Å². The van der Waals surface area contributed by atoms with Crippen LogP contribution in [0.25, 0.3) is 0 Å². The number of carbonyl (C=O) groups excluding carboxylic acids is 1. The van der Waals surface area contributed by atoms with Crippen LogP contribution in [0.3, 0.4) is 0 Å². The quantitative estimate of drug-likeness (QED) is 0.381. The molecular formula is C22H26Cl2N2O2S.